The Morgan fingerprint density at radius 1 is 1.30 bits per heavy atom. The Balaban J connectivity index is 1.93. The molecule has 1 N–H and O–H groups in total. The number of hydrogen-bond donors (Lipinski definition) is 1. The normalized spacial score (nSPS) is 30.4. The van der Waals surface area contributed by atoms with Gasteiger partial charge >= 0.3 is 5.97 Å². The summed E-state index contributed by atoms with van der Waals surface area (Å²) in [5.74, 6) is -0.677. The summed E-state index contributed by atoms with van der Waals surface area (Å²) in [6, 6.07) is 0.205. The molecule has 2 unspecified atom stereocenters. The maximum atomic E-state index is 11.4. The van der Waals surface area contributed by atoms with Crippen LogP contribution in [0.2, 0.25) is 0 Å². The van der Waals surface area contributed by atoms with E-state index in [1.807, 2.05) is 0 Å². The van der Waals surface area contributed by atoms with Gasteiger partial charge in [0.05, 0.1) is 12.7 Å². The zero-order valence-corrected chi connectivity index (χ0v) is 12.8. The first-order chi connectivity index (χ1) is 9.58. The summed E-state index contributed by atoms with van der Waals surface area (Å²) in [5.41, 5.74) is 0. The molecule has 2 atom stereocenters. The Labute approximate surface area is 121 Å². The molecule has 0 amide bonds. The van der Waals surface area contributed by atoms with E-state index in [4.69, 9.17) is 4.74 Å². The highest BCUT2D eigenvalue weighted by Gasteiger charge is 2.31. The summed E-state index contributed by atoms with van der Waals surface area (Å²) in [7, 11) is 0. The summed E-state index contributed by atoms with van der Waals surface area (Å²) in [4.78, 5) is 16.0. The minimum Gasteiger partial charge on any atom is -0.480 e. The van der Waals surface area contributed by atoms with Crippen LogP contribution in [-0.4, -0.2) is 71.8 Å². The second-order valence-electron chi connectivity index (χ2n) is 6.28. The lowest BCUT2D eigenvalue weighted by atomic mass is 10.1. The predicted octanol–water partition coefficient (Wildman–Crippen LogP) is 1.42. The average molecular weight is 284 g/mol. The molecule has 0 spiro atoms. The van der Waals surface area contributed by atoms with Crippen molar-refractivity contribution in [3.63, 3.8) is 0 Å². The molecule has 2 aliphatic heterocycles. The fraction of sp³-hybridized carbons (Fsp3) is 0.933. The number of carboxylic acid groups (broad SMARTS) is 1. The minimum atomic E-state index is -0.677. The van der Waals surface area contributed by atoms with Gasteiger partial charge < -0.3 is 9.84 Å². The third kappa shape index (κ3) is 4.17. The number of carbonyl (C=O) groups is 1. The highest BCUT2D eigenvalue weighted by Crippen LogP contribution is 2.19. The third-order valence-electron chi connectivity index (χ3n) is 4.49. The van der Waals surface area contributed by atoms with Gasteiger partial charge in [0, 0.05) is 25.7 Å². The summed E-state index contributed by atoms with van der Waals surface area (Å²) in [6.07, 6.45) is 4.19. The van der Waals surface area contributed by atoms with E-state index >= 15 is 0 Å². The summed E-state index contributed by atoms with van der Waals surface area (Å²) < 4.78 is 5.85. The molecule has 2 saturated heterocycles. The van der Waals surface area contributed by atoms with Gasteiger partial charge in [-0.3, -0.25) is 14.6 Å². The first kappa shape index (κ1) is 15.7. The number of carboxylic acids is 1. The lowest BCUT2D eigenvalue weighted by Crippen LogP contribution is -2.52. The molecular formula is C15H28N2O3. The third-order valence-corrected chi connectivity index (χ3v) is 4.49. The fourth-order valence-corrected chi connectivity index (χ4v) is 3.25. The SMILES string of the molecule is CC(C)N1CCOC(CN2CCCCCC2C(=O)O)C1. The van der Waals surface area contributed by atoms with E-state index in [0.29, 0.717) is 6.04 Å². The molecule has 2 rings (SSSR count). The van der Waals surface area contributed by atoms with Crippen LogP contribution in [0.15, 0.2) is 0 Å². The van der Waals surface area contributed by atoms with Crippen LogP contribution in [0.1, 0.15) is 39.5 Å². The molecule has 0 bridgehead atoms. The van der Waals surface area contributed by atoms with Gasteiger partial charge in [-0.1, -0.05) is 12.8 Å². The van der Waals surface area contributed by atoms with Crippen LogP contribution in [0.4, 0.5) is 0 Å². The summed E-state index contributed by atoms with van der Waals surface area (Å²) >= 11 is 0. The Hall–Kier alpha value is -0.650. The van der Waals surface area contributed by atoms with Gasteiger partial charge in [-0.2, -0.15) is 0 Å². The van der Waals surface area contributed by atoms with Crippen molar-refractivity contribution in [2.75, 3.05) is 32.8 Å². The van der Waals surface area contributed by atoms with Gasteiger partial charge in [-0.15, -0.1) is 0 Å². The van der Waals surface area contributed by atoms with Crippen LogP contribution in [0.3, 0.4) is 0 Å². The number of hydrogen-bond acceptors (Lipinski definition) is 4. The zero-order valence-electron chi connectivity index (χ0n) is 12.8. The van der Waals surface area contributed by atoms with Crippen molar-refractivity contribution in [2.45, 2.75) is 57.7 Å². The quantitative estimate of drug-likeness (QED) is 0.846. The van der Waals surface area contributed by atoms with Crippen LogP contribution < -0.4 is 0 Å². The van der Waals surface area contributed by atoms with Gasteiger partial charge in [0.25, 0.3) is 0 Å². The van der Waals surface area contributed by atoms with Crippen molar-refractivity contribution in [1.29, 1.82) is 0 Å². The molecule has 2 fully saturated rings. The van der Waals surface area contributed by atoms with E-state index in [1.54, 1.807) is 0 Å². The number of morpholine rings is 1. The number of likely N-dealkylation sites (tertiary alicyclic amines) is 1. The van der Waals surface area contributed by atoms with Gasteiger partial charge in [0.15, 0.2) is 0 Å². The predicted molar refractivity (Wildman–Crippen MR) is 77.9 cm³/mol. The molecule has 5 nitrogen and oxygen atoms in total. The molecule has 0 aliphatic carbocycles. The van der Waals surface area contributed by atoms with Crippen LogP contribution in [-0.2, 0) is 9.53 Å². The van der Waals surface area contributed by atoms with Crippen LogP contribution in [0.25, 0.3) is 0 Å². The first-order valence-corrected chi connectivity index (χ1v) is 7.90. The van der Waals surface area contributed by atoms with E-state index in [1.165, 1.54) is 0 Å². The first-order valence-electron chi connectivity index (χ1n) is 7.90. The van der Waals surface area contributed by atoms with Crippen molar-refractivity contribution < 1.29 is 14.6 Å². The summed E-state index contributed by atoms with van der Waals surface area (Å²) in [6.45, 7) is 8.70. The van der Waals surface area contributed by atoms with E-state index in [-0.39, 0.29) is 12.1 Å². The monoisotopic (exact) mass is 284 g/mol. The van der Waals surface area contributed by atoms with Crippen molar-refractivity contribution in [3.05, 3.63) is 0 Å². The number of rotatable bonds is 4. The van der Waals surface area contributed by atoms with Gasteiger partial charge in [-0.05, 0) is 33.2 Å². The molecule has 20 heavy (non-hydrogen) atoms. The zero-order chi connectivity index (χ0) is 14.5. The van der Waals surface area contributed by atoms with E-state index in [0.717, 1.165) is 58.5 Å². The van der Waals surface area contributed by atoms with Gasteiger partial charge in [0.2, 0.25) is 0 Å². The van der Waals surface area contributed by atoms with Crippen LogP contribution in [0, 0.1) is 0 Å². The number of ether oxygens (including phenoxy) is 1. The van der Waals surface area contributed by atoms with Gasteiger partial charge in [0.1, 0.15) is 6.04 Å². The maximum absolute atomic E-state index is 11.4. The Morgan fingerprint density at radius 2 is 2.10 bits per heavy atom. The van der Waals surface area contributed by atoms with Crippen LogP contribution >= 0.6 is 0 Å². The Kier molecular flexibility index (Phi) is 5.81. The van der Waals surface area contributed by atoms with E-state index in [9.17, 15) is 9.90 Å². The number of nitrogens with zero attached hydrogens (tertiary/aromatic N) is 2. The Morgan fingerprint density at radius 3 is 2.80 bits per heavy atom. The van der Waals surface area contributed by atoms with Crippen LogP contribution in [0.5, 0.6) is 0 Å². The van der Waals surface area contributed by atoms with E-state index in [2.05, 4.69) is 23.6 Å². The highest BCUT2D eigenvalue weighted by atomic mass is 16.5. The number of aliphatic carboxylic acids is 1. The fourth-order valence-electron chi connectivity index (χ4n) is 3.25. The second kappa shape index (κ2) is 7.38. The lowest BCUT2D eigenvalue weighted by Gasteiger charge is -2.38. The molecule has 5 heteroatoms. The molecule has 2 aliphatic rings. The van der Waals surface area contributed by atoms with Crippen molar-refractivity contribution in [1.82, 2.24) is 9.80 Å². The largest absolute Gasteiger partial charge is 0.480 e. The topological polar surface area (TPSA) is 53.0 Å². The van der Waals surface area contributed by atoms with Crippen molar-refractivity contribution in [2.24, 2.45) is 0 Å². The highest BCUT2D eigenvalue weighted by molar-refractivity contribution is 5.73. The molecule has 0 aromatic heterocycles. The molecular weight excluding hydrogens is 256 g/mol. The van der Waals surface area contributed by atoms with Crippen molar-refractivity contribution >= 4 is 5.97 Å². The molecule has 0 aromatic carbocycles. The maximum Gasteiger partial charge on any atom is 0.320 e. The average Bonchev–Trinajstić information content (AvgIpc) is 2.64. The smallest absolute Gasteiger partial charge is 0.320 e. The molecule has 0 radical (unpaired) electrons. The van der Waals surface area contributed by atoms with Crippen molar-refractivity contribution in [3.8, 4) is 0 Å². The molecule has 116 valence electrons. The standard InChI is InChI=1S/C15H28N2O3/c1-12(2)16-8-9-20-13(10-16)11-17-7-5-3-4-6-14(17)15(18)19/h12-14H,3-11H2,1-2H3,(H,18,19). The summed E-state index contributed by atoms with van der Waals surface area (Å²) in [5, 5.41) is 9.41. The lowest BCUT2D eigenvalue weighted by molar-refractivity contribution is -0.144. The van der Waals surface area contributed by atoms with E-state index < -0.39 is 5.97 Å². The molecule has 2 heterocycles. The molecule has 0 aromatic rings. The Bertz CT molecular complexity index is 322. The second-order valence-corrected chi connectivity index (χ2v) is 6.28. The minimum absolute atomic E-state index is 0.145. The van der Waals surface area contributed by atoms with Gasteiger partial charge in [-0.25, -0.2) is 0 Å². The molecule has 0 saturated carbocycles.